The van der Waals surface area contributed by atoms with Crippen LogP contribution in [0.1, 0.15) is 47.0 Å². The summed E-state index contributed by atoms with van der Waals surface area (Å²) in [5, 5.41) is 2.84. The van der Waals surface area contributed by atoms with Gasteiger partial charge in [-0.15, -0.1) is 0 Å². The molecule has 0 rings (SSSR count). The van der Waals surface area contributed by atoms with Crippen molar-refractivity contribution in [1.82, 2.24) is 5.32 Å². The van der Waals surface area contributed by atoms with Crippen LogP contribution in [0.4, 0.5) is 0 Å². The molecule has 0 fully saturated rings. The van der Waals surface area contributed by atoms with Crippen LogP contribution in [0.25, 0.3) is 0 Å². The summed E-state index contributed by atoms with van der Waals surface area (Å²) in [5.74, 6) is 0.328. The van der Waals surface area contributed by atoms with Gasteiger partial charge in [-0.3, -0.25) is 9.59 Å². The van der Waals surface area contributed by atoms with E-state index in [9.17, 15) is 9.59 Å². The normalized spacial score (nSPS) is 13.1. The number of nitrogens with one attached hydrogen (secondary N) is 1. The van der Waals surface area contributed by atoms with Crippen molar-refractivity contribution >= 4 is 11.7 Å². The van der Waals surface area contributed by atoms with Crippen molar-refractivity contribution in [2.75, 3.05) is 85.8 Å². The van der Waals surface area contributed by atoms with Gasteiger partial charge in [-0.2, -0.15) is 0 Å². The van der Waals surface area contributed by atoms with Crippen LogP contribution >= 0.6 is 0 Å². The summed E-state index contributed by atoms with van der Waals surface area (Å²) in [4.78, 5) is 23.3. The van der Waals surface area contributed by atoms with Crippen molar-refractivity contribution < 1.29 is 38.0 Å². The molecule has 2 atom stereocenters. The third-order valence-electron chi connectivity index (χ3n) is 4.98. The second kappa shape index (κ2) is 24.0. The largest absolute Gasteiger partial charge is 0.377 e. The van der Waals surface area contributed by atoms with Crippen LogP contribution in [0, 0.1) is 11.8 Å². The lowest BCUT2D eigenvalue weighted by molar-refractivity contribution is -0.128. The molecule has 9 nitrogen and oxygen atoms in total. The van der Waals surface area contributed by atoms with Crippen LogP contribution in [0.2, 0.25) is 0 Å². The maximum absolute atomic E-state index is 11.7. The first kappa shape index (κ1) is 31.9. The predicted molar refractivity (Wildman–Crippen MR) is 126 cm³/mol. The molecule has 0 bridgehead atoms. The summed E-state index contributed by atoms with van der Waals surface area (Å²) in [6.07, 6.45) is 2.75. The Balaban J connectivity index is 3.19. The Morgan fingerprint density at radius 3 is 1.48 bits per heavy atom. The Kier molecular flexibility index (Phi) is 23.2. The predicted octanol–water partition coefficient (Wildman–Crippen LogP) is 2.25. The minimum absolute atomic E-state index is 0.0417. The molecule has 1 amide bonds. The van der Waals surface area contributed by atoms with Gasteiger partial charge in [-0.25, -0.2) is 0 Å². The Bertz CT molecular complexity index is 464. The number of hydrogen-bond acceptors (Lipinski definition) is 8. The van der Waals surface area contributed by atoms with E-state index in [2.05, 4.69) is 12.2 Å². The number of amides is 1. The minimum Gasteiger partial charge on any atom is -0.377 e. The number of carbonyl (C=O) groups excluding carboxylic acids is 2. The van der Waals surface area contributed by atoms with Crippen molar-refractivity contribution in [3.8, 4) is 0 Å². The molecule has 0 aliphatic carbocycles. The Labute approximate surface area is 200 Å². The fourth-order valence-electron chi connectivity index (χ4n) is 2.61. The molecule has 33 heavy (non-hydrogen) atoms. The van der Waals surface area contributed by atoms with E-state index in [0.717, 1.165) is 19.3 Å². The molecule has 0 aliphatic rings. The maximum atomic E-state index is 11.7. The molecule has 9 heteroatoms. The quantitative estimate of drug-likeness (QED) is 0.200. The first-order valence-corrected chi connectivity index (χ1v) is 12.3. The van der Waals surface area contributed by atoms with Gasteiger partial charge < -0.3 is 33.7 Å². The molecular weight excluding hydrogens is 430 g/mol. The third kappa shape index (κ3) is 21.2. The Hall–Kier alpha value is -1.10. The summed E-state index contributed by atoms with van der Waals surface area (Å²) in [6, 6.07) is 0. The first-order chi connectivity index (χ1) is 16.0. The van der Waals surface area contributed by atoms with Crippen LogP contribution in [0.3, 0.4) is 0 Å². The average molecular weight is 478 g/mol. The molecule has 0 saturated heterocycles. The molecule has 0 heterocycles. The fraction of sp³-hybridized carbons (Fsp3) is 0.917. The smallest absolute Gasteiger partial charge is 0.222 e. The van der Waals surface area contributed by atoms with Crippen molar-refractivity contribution in [1.29, 1.82) is 0 Å². The van der Waals surface area contributed by atoms with E-state index in [0.29, 0.717) is 79.2 Å². The number of carbonyl (C=O) groups is 2. The van der Waals surface area contributed by atoms with Crippen LogP contribution < -0.4 is 5.32 Å². The van der Waals surface area contributed by atoms with Crippen LogP contribution in [-0.2, 0) is 38.0 Å². The molecule has 0 aromatic carbocycles. The number of ether oxygens (including phenoxy) is 6. The molecule has 0 radical (unpaired) electrons. The third-order valence-corrected chi connectivity index (χ3v) is 4.98. The van der Waals surface area contributed by atoms with E-state index >= 15 is 0 Å². The molecular formula is C24H47NO8. The van der Waals surface area contributed by atoms with E-state index in [4.69, 9.17) is 28.4 Å². The zero-order valence-electron chi connectivity index (χ0n) is 21.2. The van der Waals surface area contributed by atoms with Crippen molar-refractivity contribution in [2.45, 2.75) is 47.0 Å². The highest BCUT2D eigenvalue weighted by Gasteiger charge is 2.11. The van der Waals surface area contributed by atoms with Gasteiger partial charge in [-0.1, -0.05) is 34.1 Å². The van der Waals surface area contributed by atoms with Crippen molar-refractivity contribution in [3.05, 3.63) is 0 Å². The number of Topliss-reactive ketones (excluding diaryl/α,β-unsaturated/α-hetero) is 1. The number of ketones is 1. The topological polar surface area (TPSA) is 102 Å². The molecule has 0 spiro atoms. The molecule has 2 unspecified atom stereocenters. The summed E-state index contributed by atoms with van der Waals surface area (Å²) in [6.45, 7) is 13.9. The van der Waals surface area contributed by atoms with Gasteiger partial charge in [0.05, 0.1) is 72.7 Å². The summed E-state index contributed by atoms with van der Waals surface area (Å²) in [7, 11) is 0. The van der Waals surface area contributed by atoms with Gasteiger partial charge in [0, 0.05) is 18.4 Å². The average Bonchev–Trinajstić information content (AvgIpc) is 2.81. The lowest BCUT2D eigenvalue weighted by Gasteiger charge is -2.10. The van der Waals surface area contributed by atoms with Crippen LogP contribution in [-0.4, -0.2) is 97.5 Å². The Morgan fingerprint density at radius 1 is 0.636 bits per heavy atom. The highest BCUT2D eigenvalue weighted by atomic mass is 16.6. The summed E-state index contributed by atoms with van der Waals surface area (Å²) < 4.78 is 32.4. The minimum atomic E-state index is 0.0417. The maximum Gasteiger partial charge on any atom is 0.222 e. The van der Waals surface area contributed by atoms with Gasteiger partial charge in [0.25, 0.3) is 0 Å². The van der Waals surface area contributed by atoms with E-state index < -0.39 is 0 Å². The number of rotatable bonds is 25. The second-order valence-electron chi connectivity index (χ2n) is 7.87. The van der Waals surface area contributed by atoms with Crippen LogP contribution in [0.15, 0.2) is 0 Å². The van der Waals surface area contributed by atoms with Crippen LogP contribution in [0.5, 0.6) is 0 Å². The van der Waals surface area contributed by atoms with Crippen molar-refractivity contribution in [3.63, 3.8) is 0 Å². The fourth-order valence-corrected chi connectivity index (χ4v) is 2.61. The van der Waals surface area contributed by atoms with E-state index in [1.165, 1.54) is 0 Å². The molecule has 0 aliphatic heterocycles. The highest BCUT2D eigenvalue weighted by Crippen LogP contribution is 2.06. The van der Waals surface area contributed by atoms with E-state index in [-0.39, 0.29) is 30.1 Å². The Morgan fingerprint density at radius 2 is 1.06 bits per heavy atom. The van der Waals surface area contributed by atoms with E-state index in [1.807, 2.05) is 20.8 Å². The van der Waals surface area contributed by atoms with Crippen molar-refractivity contribution in [2.24, 2.45) is 11.8 Å². The molecule has 0 aromatic heterocycles. The highest BCUT2D eigenvalue weighted by molar-refractivity contribution is 5.81. The van der Waals surface area contributed by atoms with Gasteiger partial charge >= 0.3 is 0 Å². The molecule has 196 valence electrons. The van der Waals surface area contributed by atoms with Gasteiger partial charge in [-0.05, 0) is 12.8 Å². The standard InChI is InChI=1S/C24H47NO8/c1-5-7-22(4)23(26)20-33-19-18-32-17-16-31-15-14-30-13-12-29-11-10-28-9-8-25-24(27)21(3)6-2/h21-22H,5-20H2,1-4H3,(H,25,27). The lowest BCUT2D eigenvalue weighted by Crippen LogP contribution is -2.31. The monoisotopic (exact) mass is 477 g/mol. The zero-order valence-corrected chi connectivity index (χ0v) is 21.2. The lowest BCUT2D eigenvalue weighted by atomic mass is 10.0. The van der Waals surface area contributed by atoms with E-state index in [1.54, 1.807) is 0 Å². The SMILES string of the molecule is CCCC(C)C(=O)COCCOCCOCCOCCOCCOCCNC(=O)C(C)CC. The summed E-state index contributed by atoms with van der Waals surface area (Å²) in [5.41, 5.74) is 0. The molecule has 0 saturated carbocycles. The first-order valence-electron chi connectivity index (χ1n) is 12.3. The van der Waals surface area contributed by atoms with Gasteiger partial charge in [0.15, 0.2) is 5.78 Å². The number of hydrogen-bond donors (Lipinski definition) is 1. The van der Waals surface area contributed by atoms with Gasteiger partial charge in [0.1, 0.15) is 6.61 Å². The second-order valence-corrected chi connectivity index (χ2v) is 7.87. The zero-order chi connectivity index (χ0) is 24.6. The summed E-state index contributed by atoms with van der Waals surface area (Å²) >= 11 is 0. The molecule has 1 N–H and O–H groups in total. The van der Waals surface area contributed by atoms with Gasteiger partial charge in [0.2, 0.25) is 5.91 Å². The molecule has 0 aromatic rings.